The number of nitrogens with one attached hydrogen (secondary N) is 2. The zero-order chi connectivity index (χ0) is 27.3. The highest BCUT2D eigenvalue weighted by atomic mass is 35.5. The lowest BCUT2D eigenvalue weighted by atomic mass is 9.95. The van der Waals surface area contributed by atoms with Crippen molar-refractivity contribution in [2.75, 3.05) is 7.11 Å². The van der Waals surface area contributed by atoms with Gasteiger partial charge in [-0.2, -0.15) is 0 Å². The van der Waals surface area contributed by atoms with E-state index in [-0.39, 0.29) is 21.9 Å². The van der Waals surface area contributed by atoms with Crippen LogP contribution in [0.15, 0.2) is 90.0 Å². The molecule has 0 spiro atoms. The Kier molecular flexibility index (Phi) is 8.23. The molecule has 7 nitrogen and oxygen atoms in total. The number of hydrogen-bond donors (Lipinski definition) is 2. The van der Waals surface area contributed by atoms with Gasteiger partial charge in [-0.25, -0.2) is 26.7 Å². The minimum atomic E-state index is -4.32. The first-order valence-corrected chi connectivity index (χ1v) is 13.1. The fourth-order valence-electron chi connectivity index (χ4n) is 3.92. The molecule has 4 aromatic rings. The lowest BCUT2D eigenvalue weighted by molar-refractivity contribution is 0.242. The summed E-state index contributed by atoms with van der Waals surface area (Å²) in [6.07, 6.45) is 1.41. The predicted molar refractivity (Wildman–Crippen MR) is 139 cm³/mol. The smallest absolute Gasteiger partial charge is 0.329 e. The van der Waals surface area contributed by atoms with Crippen LogP contribution >= 0.6 is 11.6 Å². The highest BCUT2D eigenvalue weighted by molar-refractivity contribution is 7.90. The molecule has 1 atom stereocenters. The molecule has 0 radical (unpaired) electrons. The molecule has 0 bridgehead atoms. The summed E-state index contributed by atoms with van der Waals surface area (Å²) < 4.78 is 60.6. The second-order valence-electron chi connectivity index (χ2n) is 8.21. The van der Waals surface area contributed by atoms with E-state index in [1.165, 1.54) is 31.5 Å². The molecule has 1 heterocycles. The number of hydrogen-bond acceptors (Lipinski definition) is 5. The third kappa shape index (κ3) is 6.45. The summed E-state index contributed by atoms with van der Waals surface area (Å²) in [5.41, 5.74) is 1.93. The van der Waals surface area contributed by atoms with Crippen LogP contribution in [-0.4, -0.2) is 26.5 Å². The molecule has 38 heavy (non-hydrogen) atoms. The van der Waals surface area contributed by atoms with E-state index in [1.807, 2.05) is 4.72 Å². The van der Waals surface area contributed by atoms with Gasteiger partial charge in [0.05, 0.1) is 23.9 Å². The number of nitrogens with zero attached hydrogens (tertiary/aromatic N) is 1. The third-order valence-electron chi connectivity index (χ3n) is 5.59. The van der Waals surface area contributed by atoms with Gasteiger partial charge in [-0.05, 0) is 60.0 Å². The molecule has 0 saturated heterocycles. The van der Waals surface area contributed by atoms with Crippen molar-refractivity contribution >= 4 is 27.7 Å². The SMILES string of the molecule is COc1ccc(-c2cccnc2C(Cc2cc(F)cc(F)c2)NC(=O)NS(=O)(=O)c2ccccc2Cl)cc1. The van der Waals surface area contributed by atoms with Crippen molar-refractivity contribution < 1.29 is 26.7 Å². The van der Waals surface area contributed by atoms with Crippen LogP contribution in [0, 0.1) is 11.6 Å². The van der Waals surface area contributed by atoms with Crippen LogP contribution in [0.1, 0.15) is 17.3 Å². The molecule has 0 fully saturated rings. The maximum absolute atomic E-state index is 13.9. The number of urea groups is 1. The molecule has 11 heteroatoms. The van der Waals surface area contributed by atoms with Crippen LogP contribution in [0.4, 0.5) is 13.6 Å². The first-order chi connectivity index (χ1) is 18.2. The normalized spacial score (nSPS) is 12.0. The number of pyridine rings is 1. The van der Waals surface area contributed by atoms with Gasteiger partial charge in [0.2, 0.25) is 0 Å². The Balaban J connectivity index is 1.70. The number of halogens is 3. The Hall–Kier alpha value is -4.02. The Morgan fingerprint density at radius 3 is 2.34 bits per heavy atom. The van der Waals surface area contributed by atoms with Crippen LogP contribution in [0.5, 0.6) is 5.75 Å². The zero-order valence-corrected chi connectivity index (χ0v) is 21.6. The Morgan fingerprint density at radius 2 is 1.68 bits per heavy atom. The fraction of sp³-hybridized carbons (Fsp3) is 0.111. The van der Waals surface area contributed by atoms with Crippen LogP contribution in [0.3, 0.4) is 0 Å². The van der Waals surface area contributed by atoms with E-state index in [0.717, 1.165) is 23.8 Å². The minimum absolute atomic E-state index is 0.0638. The van der Waals surface area contributed by atoms with E-state index in [0.29, 0.717) is 17.0 Å². The van der Waals surface area contributed by atoms with Crippen molar-refractivity contribution in [2.24, 2.45) is 0 Å². The van der Waals surface area contributed by atoms with Gasteiger partial charge in [0.1, 0.15) is 22.3 Å². The van der Waals surface area contributed by atoms with Gasteiger partial charge >= 0.3 is 6.03 Å². The molecule has 1 aromatic heterocycles. The second kappa shape index (κ2) is 11.6. The number of carbonyl (C=O) groups excluding carboxylic acids is 1. The first-order valence-electron chi connectivity index (χ1n) is 11.3. The summed E-state index contributed by atoms with van der Waals surface area (Å²) >= 11 is 6.00. The van der Waals surface area contributed by atoms with Crippen molar-refractivity contribution in [3.63, 3.8) is 0 Å². The zero-order valence-electron chi connectivity index (χ0n) is 20.0. The summed E-state index contributed by atoms with van der Waals surface area (Å²) in [5.74, 6) is -0.949. The van der Waals surface area contributed by atoms with Gasteiger partial charge in [-0.15, -0.1) is 0 Å². The number of benzene rings is 3. The van der Waals surface area contributed by atoms with E-state index < -0.39 is 33.7 Å². The van der Waals surface area contributed by atoms with E-state index in [9.17, 15) is 22.0 Å². The monoisotopic (exact) mass is 557 g/mol. The molecule has 0 saturated carbocycles. The lowest BCUT2D eigenvalue weighted by Gasteiger charge is -2.22. The van der Waals surface area contributed by atoms with Crippen LogP contribution in [0.25, 0.3) is 11.1 Å². The number of carbonyl (C=O) groups is 1. The molecule has 0 aliphatic rings. The average molecular weight is 558 g/mol. The molecule has 196 valence electrons. The number of aromatic nitrogens is 1. The molecule has 4 rings (SSSR count). The van der Waals surface area contributed by atoms with Gasteiger partial charge < -0.3 is 10.1 Å². The highest BCUT2D eigenvalue weighted by Gasteiger charge is 2.25. The molecule has 0 aliphatic heterocycles. The highest BCUT2D eigenvalue weighted by Crippen LogP contribution is 2.30. The number of ether oxygens (including phenoxy) is 1. The summed E-state index contributed by atoms with van der Waals surface area (Å²) in [5, 5.41) is 2.53. The topological polar surface area (TPSA) is 97.4 Å². The molecule has 2 N–H and O–H groups in total. The molecular weight excluding hydrogens is 536 g/mol. The Labute approximate surface area is 223 Å². The molecular formula is C27H22ClF2N3O4S. The van der Waals surface area contributed by atoms with Crippen molar-refractivity contribution in [3.05, 3.63) is 113 Å². The quantitative estimate of drug-likeness (QED) is 0.291. The maximum atomic E-state index is 13.9. The van der Waals surface area contributed by atoms with Gasteiger partial charge in [0.25, 0.3) is 10.0 Å². The summed E-state index contributed by atoms with van der Waals surface area (Å²) in [6.45, 7) is 0. The lowest BCUT2D eigenvalue weighted by Crippen LogP contribution is -2.42. The van der Waals surface area contributed by atoms with Crippen molar-refractivity contribution in [1.29, 1.82) is 0 Å². The van der Waals surface area contributed by atoms with Crippen molar-refractivity contribution in [1.82, 2.24) is 15.0 Å². The average Bonchev–Trinajstić information content (AvgIpc) is 2.87. The Morgan fingerprint density at radius 1 is 1.00 bits per heavy atom. The van der Waals surface area contributed by atoms with E-state index in [4.69, 9.17) is 16.3 Å². The molecule has 0 aliphatic carbocycles. The number of sulfonamides is 1. The van der Waals surface area contributed by atoms with Crippen LogP contribution in [-0.2, 0) is 16.4 Å². The van der Waals surface area contributed by atoms with Gasteiger partial charge in [-0.1, -0.05) is 41.9 Å². The van der Waals surface area contributed by atoms with Crippen LogP contribution in [0.2, 0.25) is 5.02 Å². The minimum Gasteiger partial charge on any atom is -0.497 e. The van der Waals surface area contributed by atoms with Gasteiger partial charge in [-0.3, -0.25) is 4.98 Å². The molecule has 1 unspecified atom stereocenters. The van der Waals surface area contributed by atoms with E-state index >= 15 is 0 Å². The number of methoxy groups -OCH3 is 1. The number of amides is 2. The second-order valence-corrected chi connectivity index (χ2v) is 10.3. The Bertz CT molecular complexity index is 1550. The first kappa shape index (κ1) is 27.0. The van der Waals surface area contributed by atoms with Crippen molar-refractivity contribution in [3.8, 4) is 16.9 Å². The van der Waals surface area contributed by atoms with Gasteiger partial charge in [0, 0.05) is 17.8 Å². The van der Waals surface area contributed by atoms with Crippen molar-refractivity contribution in [2.45, 2.75) is 17.4 Å². The largest absolute Gasteiger partial charge is 0.497 e. The fourth-order valence-corrected chi connectivity index (χ4v) is 5.35. The molecule has 2 amide bonds. The standard InChI is InChI=1S/C27H22ClF2N3O4S/c1-37-21-10-8-18(9-11-21)22-5-4-12-31-26(22)24(15-17-13-19(29)16-20(30)14-17)32-27(34)33-38(35,36)25-7-3-2-6-23(25)28/h2-14,16,24H,15H2,1H3,(H2,32,33,34). The summed E-state index contributed by atoms with van der Waals surface area (Å²) in [6, 6.07) is 17.2. The third-order valence-corrected chi connectivity index (χ3v) is 7.42. The predicted octanol–water partition coefficient (Wildman–Crippen LogP) is 5.66. The van der Waals surface area contributed by atoms with E-state index in [2.05, 4.69) is 10.3 Å². The maximum Gasteiger partial charge on any atom is 0.329 e. The van der Waals surface area contributed by atoms with E-state index in [1.54, 1.807) is 42.5 Å². The van der Waals surface area contributed by atoms with Crippen LogP contribution < -0.4 is 14.8 Å². The molecule has 3 aromatic carbocycles. The van der Waals surface area contributed by atoms with Gasteiger partial charge in [0.15, 0.2) is 0 Å². The number of rotatable bonds is 8. The summed E-state index contributed by atoms with van der Waals surface area (Å²) in [7, 11) is -2.78. The summed E-state index contributed by atoms with van der Waals surface area (Å²) in [4.78, 5) is 17.1.